The van der Waals surface area contributed by atoms with Gasteiger partial charge in [0.05, 0.1) is 6.61 Å². The molecule has 2 aliphatic heterocycles. The number of hydrogen-bond donors (Lipinski definition) is 2. The van der Waals surface area contributed by atoms with Crippen molar-refractivity contribution in [2.24, 2.45) is 0 Å². The quantitative estimate of drug-likeness (QED) is 0.693. The maximum absolute atomic E-state index is 10.5. The Morgan fingerprint density at radius 2 is 1.90 bits per heavy atom. The number of hydrogen-bond acceptors (Lipinski definition) is 6. The van der Waals surface area contributed by atoms with Crippen molar-refractivity contribution >= 4 is 0 Å². The minimum absolute atomic E-state index is 0.227. The molecule has 0 radical (unpaired) electrons. The lowest BCUT2D eigenvalue weighted by molar-refractivity contribution is -0.000215. The van der Waals surface area contributed by atoms with Gasteiger partial charge in [-0.25, -0.2) is 0 Å². The van der Waals surface area contributed by atoms with Crippen molar-refractivity contribution in [3.05, 3.63) is 23.8 Å². The first-order valence-corrected chi connectivity index (χ1v) is 11.3. The van der Waals surface area contributed by atoms with E-state index < -0.39 is 0 Å². The molecule has 2 aliphatic rings. The van der Waals surface area contributed by atoms with Gasteiger partial charge in [-0.1, -0.05) is 12.1 Å². The van der Waals surface area contributed by atoms with Crippen molar-refractivity contribution in [2.75, 3.05) is 45.9 Å². The molecule has 0 aliphatic carbocycles. The minimum Gasteiger partial charge on any atom is -0.504 e. The van der Waals surface area contributed by atoms with Crippen LogP contribution in [0.5, 0.6) is 11.5 Å². The summed E-state index contributed by atoms with van der Waals surface area (Å²) in [4.78, 5) is 7.63. The second-order valence-electron chi connectivity index (χ2n) is 8.70. The van der Waals surface area contributed by atoms with Crippen molar-refractivity contribution in [3.63, 3.8) is 0 Å². The predicted octanol–water partition coefficient (Wildman–Crippen LogP) is 2.53. The van der Waals surface area contributed by atoms with E-state index in [1.165, 1.54) is 25.9 Å². The molecule has 0 amide bonds. The average molecular weight is 406 g/mol. The second kappa shape index (κ2) is 10.6. The van der Waals surface area contributed by atoms with Crippen LogP contribution in [0, 0.1) is 0 Å². The van der Waals surface area contributed by atoms with Gasteiger partial charge in [0.2, 0.25) is 0 Å². The van der Waals surface area contributed by atoms with Gasteiger partial charge in [0.1, 0.15) is 0 Å². The van der Waals surface area contributed by atoms with Gasteiger partial charge in [-0.3, -0.25) is 9.80 Å². The number of phenols is 1. The van der Waals surface area contributed by atoms with Gasteiger partial charge in [0.25, 0.3) is 0 Å². The molecular weight excluding hydrogens is 366 g/mol. The van der Waals surface area contributed by atoms with Gasteiger partial charge >= 0.3 is 0 Å². The molecule has 0 spiro atoms. The molecule has 0 bridgehead atoms. The molecule has 6 heteroatoms. The SMILES string of the molecule is CCOc1cccc(CN2CCN(C3CCN(C(C)C)CC3)[C@@H](CCO)C2)c1O. The van der Waals surface area contributed by atoms with Gasteiger partial charge in [-0.05, 0) is 59.2 Å². The van der Waals surface area contributed by atoms with Crippen LogP contribution in [0.3, 0.4) is 0 Å². The number of phenolic OH excluding ortho intramolecular Hbond substituents is 1. The second-order valence-corrected chi connectivity index (χ2v) is 8.70. The molecule has 164 valence electrons. The fourth-order valence-electron chi connectivity index (χ4n) is 4.91. The van der Waals surface area contributed by atoms with Gasteiger partial charge < -0.3 is 19.8 Å². The van der Waals surface area contributed by atoms with Crippen molar-refractivity contribution in [1.29, 1.82) is 0 Å². The van der Waals surface area contributed by atoms with Crippen LogP contribution < -0.4 is 4.74 Å². The largest absolute Gasteiger partial charge is 0.504 e. The molecule has 0 unspecified atom stereocenters. The summed E-state index contributed by atoms with van der Waals surface area (Å²) in [5.74, 6) is 0.823. The van der Waals surface area contributed by atoms with E-state index >= 15 is 0 Å². The van der Waals surface area contributed by atoms with E-state index in [-0.39, 0.29) is 12.4 Å². The highest BCUT2D eigenvalue weighted by atomic mass is 16.5. The van der Waals surface area contributed by atoms with E-state index in [1.807, 2.05) is 25.1 Å². The first-order chi connectivity index (χ1) is 14.0. The molecule has 0 saturated carbocycles. The summed E-state index contributed by atoms with van der Waals surface area (Å²) in [6.45, 7) is 13.3. The van der Waals surface area contributed by atoms with Crippen LogP contribution >= 0.6 is 0 Å². The highest BCUT2D eigenvalue weighted by molar-refractivity contribution is 5.45. The normalized spacial score (nSPS) is 23.0. The van der Waals surface area contributed by atoms with E-state index in [1.54, 1.807) is 0 Å². The highest BCUT2D eigenvalue weighted by Crippen LogP contribution is 2.32. The minimum atomic E-state index is 0.227. The van der Waals surface area contributed by atoms with Gasteiger partial charge in [-0.15, -0.1) is 0 Å². The molecule has 1 aromatic carbocycles. The Bertz CT molecular complexity index is 632. The van der Waals surface area contributed by atoms with E-state index in [9.17, 15) is 10.2 Å². The Hall–Kier alpha value is -1.34. The molecule has 2 N–H and O–H groups in total. The van der Waals surface area contributed by atoms with E-state index in [2.05, 4.69) is 28.5 Å². The van der Waals surface area contributed by atoms with E-state index in [0.717, 1.165) is 31.6 Å². The number of rotatable bonds is 8. The van der Waals surface area contributed by atoms with Crippen LogP contribution in [0.25, 0.3) is 0 Å². The first-order valence-electron chi connectivity index (χ1n) is 11.3. The number of benzene rings is 1. The topological polar surface area (TPSA) is 59.4 Å². The predicted molar refractivity (Wildman–Crippen MR) is 116 cm³/mol. The van der Waals surface area contributed by atoms with Crippen LogP contribution in [0.15, 0.2) is 18.2 Å². The molecule has 2 saturated heterocycles. The number of ether oxygens (including phenoxy) is 1. The van der Waals surface area contributed by atoms with Gasteiger partial charge in [0.15, 0.2) is 11.5 Å². The fourth-order valence-corrected chi connectivity index (χ4v) is 4.91. The van der Waals surface area contributed by atoms with Crippen LogP contribution in [-0.4, -0.2) is 89.0 Å². The molecule has 2 fully saturated rings. The third-order valence-electron chi connectivity index (χ3n) is 6.55. The smallest absolute Gasteiger partial charge is 0.162 e. The summed E-state index contributed by atoms with van der Waals surface area (Å²) in [5.41, 5.74) is 0.914. The maximum atomic E-state index is 10.5. The summed E-state index contributed by atoms with van der Waals surface area (Å²) < 4.78 is 5.53. The van der Waals surface area contributed by atoms with Gasteiger partial charge in [0, 0.05) is 56.5 Å². The average Bonchev–Trinajstić information content (AvgIpc) is 2.72. The number of nitrogens with zero attached hydrogens (tertiary/aromatic N) is 3. The molecule has 3 rings (SSSR count). The fraction of sp³-hybridized carbons (Fsp3) is 0.739. The summed E-state index contributed by atoms with van der Waals surface area (Å²) >= 11 is 0. The molecule has 29 heavy (non-hydrogen) atoms. The number of piperazine rings is 1. The lowest BCUT2D eigenvalue weighted by atomic mass is 9.97. The molecule has 0 aromatic heterocycles. The number of likely N-dealkylation sites (tertiary alicyclic amines) is 1. The van der Waals surface area contributed by atoms with Crippen LogP contribution in [0.1, 0.15) is 45.6 Å². The third kappa shape index (κ3) is 5.63. The summed E-state index contributed by atoms with van der Waals surface area (Å²) in [6.07, 6.45) is 3.25. The molecule has 1 aromatic rings. The monoisotopic (exact) mass is 405 g/mol. The molecule has 1 atom stereocenters. The number of para-hydroxylation sites is 1. The Morgan fingerprint density at radius 3 is 2.55 bits per heavy atom. The van der Waals surface area contributed by atoms with Crippen molar-refractivity contribution < 1.29 is 14.9 Å². The Kier molecular flexibility index (Phi) is 8.18. The Balaban J connectivity index is 1.61. The zero-order valence-electron chi connectivity index (χ0n) is 18.4. The number of aliphatic hydroxyl groups excluding tert-OH is 1. The Labute approximate surface area is 176 Å². The third-order valence-corrected chi connectivity index (χ3v) is 6.55. The summed E-state index contributed by atoms with van der Waals surface area (Å²) in [5, 5.41) is 20.2. The van der Waals surface area contributed by atoms with Crippen LogP contribution in [0.2, 0.25) is 0 Å². The lowest BCUT2D eigenvalue weighted by Gasteiger charge is -2.48. The highest BCUT2D eigenvalue weighted by Gasteiger charge is 2.34. The Morgan fingerprint density at radius 1 is 1.14 bits per heavy atom. The molecule has 2 heterocycles. The number of aromatic hydroxyl groups is 1. The molecule has 6 nitrogen and oxygen atoms in total. The van der Waals surface area contributed by atoms with E-state index in [0.29, 0.717) is 37.0 Å². The van der Waals surface area contributed by atoms with Crippen molar-refractivity contribution in [2.45, 2.75) is 64.7 Å². The lowest BCUT2D eigenvalue weighted by Crippen LogP contribution is -2.58. The van der Waals surface area contributed by atoms with Crippen LogP contribution in [0.4, 0.5) is 0 Å². The standard InChI is InChI=1S/C23H39N3O3/c1-4-29-22-7-5-6-19(23(22)28)16-24-13-14-26(21(17-24)10-15-27)20-8-11-25(12-9-20)18(2)3/h5-7,18,20-21,27-28H,4,8-17H2,1-3H3/t21-/m0/s1. The summed E-state index contributed by atoms with van der Waals surface area (Å²) in [6, 6.07) is 7.37. The zero-order valence-corrected chi connectivity index (χ0v) is 18.4. The summed E-state index contributed by atoms with van der Waals surface area (Å²) in [7, 11) is 0. The van der Waals surface area contributed by atoms with E-state index in [4.69, 9.17) is 4.74 Å². The van der Waals surface area contributed by atoms with Crippen molar-refractivity contribution in [3.8, 4) is 11.5 Å². The van der Waals surface area contributed by atoms with Crippen LogP contribution in [-0.2, 0) is 6.54 Å². The maximum Gasteiger partial charge on any atom is 0.162 e. The number of piperidine rings is 1. The zero-order chi connectivity index (χ0) is 20.8. The molecular formula is C23H39N3O3. The number of aliphatic hydroxyl groups is 1. The van der Waals surface area contributed by atoms with Gasteiger partial charge in [-0.2, -0.15) is 0 Å². The first kappa shape index (κ1) is 22.3. The van der Waals surface area contributed by atoms with Crippen molar-refractivity contribution in [1.82, 2.24) is 14.7 Å².